The smallest absolute Gasteiger partial charge is 0.136 e. The van der Waals surface area contributed by atoms with E-state index in [0.29, 0.717) is 0 Å². The minimum absolute atomic E-state index is 0.915. The van der Waals surface area contributed by atoms with Crippen LogP contribution in [0.25, 0.3) is 87.6 Å². The van der Waals surface area contributed by atoms with Crippen LogP contribution >= 0.6 is 0 Å². The average Bonchev–Trinajstić information content (AvgIpc) is 3.46. The van der Waals surface area contributed by atoms with Gasteiger partial charge >= 0.3 is 0 Å². The maximum Gasteiger partial charge on any atom is 0.136 e. The van der Waals surface area contributed by atoms with Crippen LogP contribution in [0.5, 0.6) is 0 Å². The molecule has 0 amide bonds. The minimum atomic E-state index is 0.915. The summed E-state index contributed by atoms with van der Waals surface area (Å²) in [4.78, 5) is 0. The minimum Gasteiger partial charge on any atom is -0.456 e. The quantitative estimate of drug-likeness (QED) is 0.201. The Hall–Kier alpha value is -5.66. The van der Waals surface area contributed by atoms with Crippen LogP contribution in [-0.4, -0.2) is 0 Å². The topological polar surface area (TPSA) is 13.1 Å². The van der Waals surface area contributed by atoms with Gasteiger partial charge in [0.15, 0.2) is 0 Å². The Bertz CT molecular complexity index is 2480. The molecule has 8 aromatic carbocycles. The van der Waals surface area contributed by atoms with E-state index in [1.165, 1.54) is 71.1 Å². The third-order valence-electron chi connectivity index (χ3n) is 8.84. The van der Waals surface area contributed by atoms with E-state index in [9.17, 15) is 0 Å². The van der Waals surface area contributed by atoms with Crippen LogP contribution in [0.3, 0.4) is 0 Å². The first-order valence-corrected chi connectivity index (χ1v) is 14.8. The molecule has 0 atom stereocenters. The number of hydrogen-bond acceptors (Lipinski definition) is 1. The summed E-state index contributed by atoms with van der Waals surface area (Å²) in [6.07, 6.45) is 0. The number of furan rings is 1. The number of benzene rings is 8. The van der Waals surface area contributed by atoms with E-state index in [1.54, 1.807) is 0 Å². The van der Waals surface area contributed by atoms with Crippen LogP contribution in [0, 0.1) is 0 Å². The van der Waals surface area contributed by atoms with Crippen LogP contribution in [0.15, 0.2) is 162 Å². The van der Waals surface area contributed by atoms with Crippen molar-refractivity contribution in [3.63, 3.8) is 0 Å². The van der Waals surface area contributed by atoms with Gasteiger partial charge in [-0.05, 0) is 90.0 Å². The third kappa shape index (κ3) is 3.72. The Morgan fingerprint density at radius 2 is 0.814 bits per heavy atom. The summed E-state index contributed by atoms with van der Waals surface area (Å²) < 4.78 is 6.31. The lowest BCUT2D eigenvalue weighted by molar-refractivity contribution is 0.669. The van der Waals surface area contributed by atoms with Gasteiger partial charge in [0.05, 0.1) is 0 Å². The van der Waals surface area contributed by atoms with Gasteiger partial charge in [-0.15, -0.1) is 0 Å². The van der Waals surface area contributed by atoms with Crippen molar-refractivity contribution in [3.8, 4) is 33.4 Å². The van der Waals surface area contributed by atoms with E-state index in [-0.39, 0.29) is 0 Å². The lowest BCUT2D eigenvalue weighted by atomic mass is 9.85. The van der Waals surface area contributed by atoms with E-state index in [4.69, 9.17) is 4.42 Å². The molecular weight excluding hydrogens is 520 g/mol. The van der Waals surface area contributed by atoms with E-state index >= 15 is 0 Å². The van der Waals surface area contributed by atoms with Gasteiger partial charge in [0.2, 0.25) is 0 Å². The van der Waals surface area contributed by atoms with Gasteiger partial charge in [-0.1, -0.05) is 133 Å². The lowest BCUT2D eigenvalue weighted by Crippen LogP contribution is -1.91. The molecule has 0 N–H and O–H groups in total. The highest BCUT2D eigenvalue weighted by molar-refractivity contribution is 6.22. The van der Waals surface area contributed by atoms with Crippen molar-refractivity contribution in [1.29, 1.82) is 0 Å². The predicted octanol–water partition coefficient (Wildman–Crippen LogP) is 12.0. The first-order chi connectivity index (χ1) is 21.3. The molecule has 0 bridgehead atoms. The monoisotopic (exact) mass is 546 g/mol. The Morgan fingerprint density at radius 1 is 0.302 bits per heavy atom. The maximum absolute atomic E-state index is 6.31. The zero-order valence-electron chi connectivity index (χ0n) is 23.4. The standard InChI is InChI=1S/C42H26O/c1-3-12-28(13-4-1)40-33-17-9-10-18-34(33)41(29-14-5-2-6-15-29)36-25-30(19-22-35(36)40)31-21-23-38-37(26-31)42-32-16-8-7-11-27(32)20-24-39(42)43-38/h1-26H. The van der Waals surface area contributed by atoms with Crippen LogP contribution < -0.4 is 0 Å². The van der Waals surface area contributed by atoms with Gasteiger partial charge in [-0.25, -0.2) is 0 Å². The van der Waals surface area contributed by atoms with Gasteiger partial charge in [-0.3, -0.25) is 0 Å². The number of hydrogen-bond donors (Lipinski definition) is 0. The molecule has 0 saturated heterocycles. The molecule has 0 aliphatic carbocycles. The van der Waals surface area contributed by atoms with E-state index in [0.717, 1.165) is 16.6 Å². The molecule has 0 aliphatic heterocycles. The summed E-state index contributed by atoms with van der Waals surface area (Å²) >= 11 is 0. The van der Waals surface area contributed by atoms with E-state index in [2.05, 4.69) is 158 Å². The van der Waals surface area contributed by atoms with Gasteiger partial charge in [-0.2, -0.15) is 0 Å². The highest BCUT2D eigenvalue weighted by atomic mass is 16.3. The molecule has 0 unspecified atom stereocenters. The Morgan fingerprint density at radius 3 is 1.51 bits per heavy atom. The van der Waals surface area contributed by atoms with Crippen LogP contribution in [0.1, 0.15) is 0 Å². The summed E-state index contributed by atoms with van der Waals surface area (Å²) in [7, 11) is 0. The number of fused-ring (bicyclic) bond motifs is 7. The molecule has 200 valence electrons. The average molecular weight is 547 g/mol. The largest absolute Gasteiger partial charge is 0.456 e. The second-order valence-electron chi connectivity index (χ2n) is 11.3. The Kier molecular flexibility index (Phi) is 5.27. The zero-order valence-corrected chi connectivity index (χ0v) is 23.4. The van der Waals surface area contributed by atoms with Crippen molar-refractivity contribution in [2.24, 2.45) is 0 Å². The second-order valence-corrected chi connectivity index (χ2v) is 11.3. The Balaban J connectivity index is 1.36. The van der Waals surface area contributed by atoms with Crippen molar-refractivity contribution in [2.75, 3.05) is 0 Å². The molecule has 9 aromatic rings. The van der Waals surface area contributed by atoms with E-state index in [1.807, 2.05) is 0 Å². The van der Waals surface area contributed by atoms with Crippen LogP contribution in [-0.2, 0) is 0 Å². The molecule has 1 heteroatoms. The van der Waals surface area contributed by atoms with Crippen molar-refractivity contribution in [1.82, 2.24) is 0 Å². The molecule has 1 heterocycles. The first kappa shape index (κ1) is 24.0. The highest BCUT2D eigenvalue weighted by Crippen LogP contribution is 2.45. The summed E-state index contributed by atoms with van der Waals surface area (Å²) in [5, 5.41) is 9.82. The SMILES string of the molecule is c1ccc(-c2c3ccccc3c(-c3ccccc3)c3cc(-c4ccc5oc6ccc7ccccc7c6c5c4)ccc23)cc1. The molecule has 0 aliphatic rings. The molecule has 0 fully saturated rings. The van der Waals surface area contributed by atoms with Crippen molar-refractivity contribution in [2.45, 2.75) is 0 Å². The van der Waals surface area contributed by atoms with Crippen LogP contribution in [0.4, 0.5) is 0 Å². The lowest BCUT2D eigenvalue weighted by Gasteiger charge is -2.18. The van der Waals surface area contributed by atoms with Gasteiger partial charge in [0.25, 0.3) is 0 Å². The normalized spacial score (nSPS) is 11.7. The summed E-state index contributed by atoms with van der Waals surface area (Å²) in [6, 6.07) is 56.8. The zero-order chi connectivity index (χ0) is 28.3. The molecule has 0 saturated carbocycles. The maximum atomic E-state index is 6.31. The molecule has 9 rings (SSSR count). The van der Waals surface area contributed by atoms with Gasteiger partial charge < -0.3 is 4.42 Å². The predicted molar refractivity (Wildman–Crippen MR) is 183 cm³/mol. The van der Waals surface area contributed by atoms with Crippen molar-refractivity contribution in [3.05, 3.63) is 158 Å². The summed E-state index contributed by atoms with van der Waals surface area (Å²) in [5.74, 6) is 0. The van der Waals surface area contributed by atoms with Crippen molar-refractivity contribution >= 4 is 54.3 Å². The fraction of sp³-hybridized carbons (Fsp3) is 0. The third-order valence-corrected chi connectivity index (χ3v) is 8.84. The molecule has 0 radical (unpaired) electrons. The van der Waals surface area contributed by atoms with Gasteiger partial charge in [0.1, 0.15) is 11.2 Å². The van der Waals surface area contributed by atoms with Crippen molar-refractivity contribution < 1.29 is 4.42 Å². The second kappa shape index (κ2) is 9.44. The molecule has 1 aromatic heterocycles. The molecule has 0 spiro atoms. The highest BCUT2D eigenvalue weighted by Gasteiger charge is 2.18. The van der Waals surface area contributed by atoms with E-state index < -0.39 is 0 Å². The summed E-state index contributed by atoms with van der Waals surface area (Å²) in [5.41, 5.74) is 9.22. The summed E-state index contributed by atoms with van der Waals surface area (Å²) in [6.45, 7) is 0. The number of rotatable bonds is 3. The fourth-order valence-electron chi connectivity index (χ4n) is 6.92. The van der Waals surface area contributed by atoms with Gasteiger partial charge in [0, 0.05) is 10.8 Å². The Labute approximate surface area is 249 Å². The molecular formula is C42H26O. The molecule has 43 heavy (non-hydrogen) atoms. The first-order valence-electron chi connectivity index (χ1n) is 14.8. The molecule has 1 nitrogen and oxygen atoms in total. The fourth-order valence-corrected chi connectivity index (χ4v) is 6.92. The van der Waals surface area contributed by atoms with Crippen LogP contribution in [0.2, 0.25) is 0 Å².